The maximum absolute atomic E-state index is 12.8. The molecule has 0 amide bonds. The lowest BCUT2D eigenvalue weighted by Crippen LogP contribution is -2.26. The lowest BCUT2D eigenvalue weighted by atomic mass is 10.1. The molecule has 0 N–H and O–H groups in total. The van der Waals surface area contributed by atoms with Crippen LogP contribution >= 0.6 is 0 Å². The minimum atomic E-state index is -3.68. The first-order valence-corrected chi connectivity index (χ1v) is 4.95. The van der Waals surface area contributed by atoms with E-state index in [2.05, 4.69) is 9.47 Å². The molecule has 1 aliphatic heterocycles. The van der Waals surface area contributed by atoms with E-state index in [0.717, 1.165) is 0 Å². The number of hydrogen-bond acceptors (Lipinski definition) is 3. The van der Waals surface area contributed by atoms with Crippen molar-refractivity contribution in [1.29, 1.82) is 0 Å². The van der Waals surface area contributed by atoms with Gasteiger partial charge in [-0.25, -0.2) is 0 Å². The summed E-state index contributed by atoms with van der Waals surface area (Å²) in [6.45, 7) is 1.84. The molecule has 5 heteroatoms. The molecule has 0 spiro atoms. The van der Waals surface area contributed by atoms with Crippen molar-refractivity contribution in [3.05, 3.63) is 23.8 Å². The molecule has 1 aliphatic rings. The van der Waals surface area contributed by atoms with Crippen molar-refractivity contribution >= 4 is 5.78 Å². The number of ether oxygens (including phenoxy) is 2. The number of hydrogen-bond donors (Lipinski definition) is 0. The zero-order valence-electron chi connectivity index (χ0n) is 8.63. The van der Waals surface area contributed by atoms with Gasteiger partial charge >= 0.3 is 6.29 Å². The number of carbonyl (C=O) groups excluding carboxylic acids is 1. The maximum atomic E-state index is 12.8. The molecule has 2 rings (SSSR count). The third kappa shape index (κ3) is 1.85. The zero-order chi connectivity index (χ0) is 11.8. The molecule has 86 valence electrons. The summed E-state index contributed by atoms with van der Waals surface area (Å²) in [5.41, 5.74) is 0.150. The zero-order valence-corrected chi connectivity index (χ0v) is 8.63. The van der Waals surface area contributed by atoms with E-state index < -0.39 is 6.29 Å². The van der Waals surface area contributed by atoms with Crippen LogP contribution in [-0.4, -0.2) is 12.1 Å². The van der Waals surface area contributed by atoms with Crippen molar-refractivity contribution in [1.82, 2.24) is 0 Å². The van der Waals surface area contributed by atoms with E-state index in [1.165, 1.54) is 18.2 Å². The highest BCUT2D eigenvalue weighted by Crippen LogP contribution is 2.43. The van der Waals surface area contributed by atoms with Crippen LogP contribution in [0.15, 0.2) is 18.2 Å². The fourth-order valence-corrected chi connectivity index (χ4v) is 1.55. The Morgan fingerprint density at radius 1 is 1.38 bits per heavy atom. The summed E-state index contributed by atoms with van der Waals surface area (Å²) < 4.78 is 34.2. The van der Waals surface area contributed by atoms with Gasteiger partial charge in [0.1, 0.15) is 0 Å². The van der Waals surface area contributed by atoms with E-state index >= 15 is 0 Å². The van der Waals surface area contributed by atoms with Gasteiger partial charge in [0.15, 0.2) is 17.3 Å². The Bertz CT molecular complexity index is 429. The molecule has 0 saturated heterocycles. The fraction of sp³-hybridized carbons (Fsp3) is 0.364. The van der Waals surface area contributed by atoms with Gasteiger partial charge in [0.2, 0.25) is 0 Å². The van der Waals surface area contributed by atoms with Gasteiger partial charge in [-0.3, -0.25) is 4.79 Å². The number of halogens is 2. The first-order valence-electron chi connectivity index (χ1n) is 4.95. The van der Waals surface area contributed by atoms with E-state index in [1.54, 1.807) is 0 Å². The smallest absolute Gasteiger partial charge is 0.395 e. The summed E-state index contributed by atoms with van der Waals surface area (Å²) in [6, 6.07) is 4.30. The second-order valence-corrected chi connectivity index (χ2v) is 3.47. The van der Waals surface area contributed by atoms with Crippen LogP contribution in [0, 0.1) is 0 Å². The van der Waals surface area contributed by atoms with Gasteiger partial charge in [0, 0.05) is 6.42 Å². The summed E-state index contributed by atoms with van der Waals surface area (Å²) in [7, 11) is 0. The number of alkyl halides is 2. The van der Waals surface area contributed by atoms with E-state index in [4.69, 9.17) is 0 Å². The number of rotatable bonds is 3. The highest BCUT2D eigenvalue weighted by molar-refractivity contribution is 5.99. The number of fused-ring (bicyclic) bond motifs is 1. The summed E-state index contributed by atoms with van der Waals surface area (Å²) in [5.74, 6) is -0.474. The number of benzene rings is 1. The second kappa shape index (κ2) is 3.73. The molecule has 16 heavy (non-hydrogen) atoms. The number of ketones is 1. The minimum absolute atomic E-state index is 0.0908. The van der Waals surface area contributed by atoms with Gasteiger partial charge in [-0.2, -0.15) is 0 Å². The maximum Gasteiger partial charge on any atom is 0.586 e. The Morgan fingerprint density at radius 3 is 2.81 bits per heavy atom. The Morgan fingerprint density at radius 2 is 2.12 bits per heavy atom. The standard InChI is InChI=1S/C11H10F2O3/c1-2-4-8(14)7-5-3-6-9-10(7)16-11(12,13)15-9/h3,5-6H,2,4H2,1H3. The summed E-state index contributed by atoms with van der Waals surface area (Å²) >= 11 is 0. The van der Waals surface area contributed by atoms with Crippen LogP contribution in [-0.2, 0) is 0 Å². The highest BCUT2D eigenvalue weighted by Gasteiger charge is 2.45. The molecule has 0 aromatic heterocycles. The van der Waals surface area contributed by atoms with E-state index in [9.17, 15) is 13.6 Å². The molecule has 1 aromatic rings. The molecule has 1 heterocycles. The number of Topliss-reactive ketones (excluding diaryl/α,β-unsaturated/α-hetero) is 1. The summed E-state index contributed by atoms with van der Waals surface area (Å²) in [6.07, 6.45) is -2.73. The quantitative estimate of drug-likeness (QED) is 0.746. The lowest BCUT2D eigenvalue weighted by molar-refractivity contribution is -0.286. The number of carbonyl (C=O) groups is 1. The third-order valence-corrected chi connectivity index (χ3v) is 2.21. The minimum Gasteiger partial charge on any atom is -0.395 e. The van der Waals surface area contributed by atoms with Gasteiger partial charge in [0.25, 0.3) is 0 Å². The molecule has 0 aliphatic carbocycles. The molecule has 3 nitrogen and oxygen atoms in total. The topological polar surface area (TPSA) is 35.5 Å². The van der Waals surface area contributed by atoms with Gasteiger partial charge in [0.05, 0.1) is 5.56 Å². The molecule has 1 aromatic carbocycles. The van der Waals surface area contributed by atoms with Crippen molar-refractivity contribution < 1.29 is 23.0 Å². The van der Waals surface area contributed by atoms with Crippen LogP contribution < -0.4 is 9.47 Å². The van der Waals surface area contributed by atoms with E-state index in [0.29, 0.717) is 12.8 Å². The van der Waals surface area contributed by atoms with Gasteiger partial charge < -0.3 is 9.47 Å². The van der Waals surface area contributed by atoms with Crippen molar-refractivity contribution in [3.63, 3.8) is 0 Å². The molecule has 0 unspecified atom stereocenters. The molecule has 0 fully saturated rings. The summed E-state index contributed by atoms with van der Waals surface area (Å²) in [5, 5.41) is 0. The monoisotopic (exact) mass is 228 g/mol. The Labute approximate surface area is 91.0 Å². The normalized spacial score (nSPS) is 16.2. The molecule has 0 radical (unpaired) electrons. The van der Waals surface area contributed by atoms with Crippen molar-refractivity contribution in [2.75, 3.05) is 0 Å². The van der Waals surface area contributed by atoms with Crippen LogP contribution in [0.25, 0.3) is 0 Å². The van der Waals surface area contributed by atoms with Gasteiger partial charge in [-0.1, -0.05) is 13.0 Å². The molecule has 0 saturated carbocycles. The summed E-state index contributed by atoms with van der Waals surface area (Å²) in [4.78, 5) is 11.6. The molecular formula is C11H10F2O3. The Hall–Kier alpha value is -1.65. The molecule has 0 atom stereocenters. The van der Waals surface area contributed by atoms with Crippen LogP contribution in [0.5, 0.6) is 11.5 Å². The fourth-order valence-electron chi connectivity index (χ4n) is 1.55. The predicted octanol–water partition coefficient (Wildman–Crippen LogP) is 2.99. The Balaban J connectivity index is 2.37. The van der Waals surface area contributed by atoms with E-state index in [-0.39, 0.29) is 22.8 Å². The first-order chi connectivity index (χ1) is 7.53. The average molecular weight is 228 g/mol. The number of para-hydroxylation sites is 1. The largest absolute Gasteiger partial charge is 0.586 e. The van der Waals surface area contributed by atoms with Crippen LogP contribution in [0.2, 0.25) is 0 Å². The van der Waals surface area contributed by atoms with Crippen molar-refractivity contribution in [3.8, 4) is 11.5 Å². The van der Waals surface area contributed by atoms with Gasteiger partial charge in [-0.05, 0) is 18.6 Å². The van der Waals surface area contributed by atoms with Crippen LogP contribution in [0.3, 0.4) is 0 Å². The van der Waals surface area contributed by atoms with Gasteiger partial charge in [-0.15, -0.1) is 8.78 Å². The molecule has 0 bridgehead atoms. The highest BCUT2D eigenvalue weighted by atomic mass is 19.3. The van der Waals surface area contributed by atoms with Crippen LogP contribution in [0.1, 0.15) is 30.1 Å². The van der Waals surface area contributed by atoms with Crippen molar-refractivity contribution in [2.24, 2.45) is 0 Å². The first kappa shape index (κ1) is 10.9. The van der Waals surface area contributed by atoms with E-state index in [1.807, 2.05) is 6.92 Å². The SMILES string of the molecule is CCCC(=O)c1cccc2c1OC(F)(F)O2. The lowest BCUT2D eigenvalue weighted by Gasteiger charge is -2.06. The Kier molecular flexibility index (Phi) is 2.53. The van der Waals surface area contributed by atoms with Crippen LogP contribution in [0.4, 0.5) is 8.78 Å². The molecular weight excluding hydrogens is 218 g/mol. The average Bonchev–Trinajstić information content (AvgIpc) is 2.51. The third-order valence-electron chi connectivity index (χ3n) is 2.21. The second-order valence-electron chi connectivity index (χ2n) is 3.47. The predicted molar refractivity (Wildman–Crippen MR) is 51.9 cm³/mol. The van der Waals surface area contributed by atoms with Crippen molar-refractivity contribution in [2.45, 2.75) is 26.1 Å².